The lowest BCUT2D eigenvalue weighted by atomic mass is 10.3. The number of aromatic nitrogens is 4. The SMILES string of the molecule is C=CCC(OC)N(C)Cc1cnc2nc(N)nc(N)c2n1. The summed E-state index contributed by atoms with van der Waals surface area (Å²) in [5, 5.41) is 0. The van der Waals surface area contributed by atoms with Crippen molar-refractivity contribution in [3.05, 3.63) is 24.5 Å². The Kier molecular flexibility index (Phi) is 4.61. The van der Waals surface area contributed by atoms with Gasteiger partial charge < -0.3 is 16.2 Å². The molecule has 21 heavy (non-hydrogen) atoms. The highest BCUT2D eigenvalue weighted by Gasteiger charge is 2.14. The van der Waals surface area contributed by atoms with Crippen molar-refractivity contribution in [3.63, 3.8) is 0 Å². The van der Waals surface area contributed by atoms with Crippen LogP contribution in [-0.2, 0) is 11.3 Å². The molecule has 2 aromatic rings. The second kappa shape index (κ2) is 6.42. The lowest BCUT2D eigenvalue weighted by Crippen LogP contribution is -2.32. The molecule has 0 saturated carbocycles. The van der Waals surface area contributed by atoms with Gasteiger partial charge in [0, 0.05) is 20.1 Å². The van der Waals surface area contributed by atoms with E-state index in [1.54, 1.807) is 13.3 Å². The number of ether oxygens (including phenoxy) is 1. The standard InChI is InChI=1S/C13H19N7O/c1-4-5-9(21-3)20(2)7-8-6-16-12-10(17-8)11(14)18-13(15)19-12/h4,6,9H,1,5,7H2,2-3H3,(H4,14,15,16,18,19). The Hall–Kier alpha value is -2.32. The summed E-state index contributed by atoms with van der Waals surface area (Å²) in [6.07, 6.45) is 4.10. The van der Waals surface area contributed by atoms with Crippen molar-refractivity contribution in [2.24, 2.45) is 0 Å². The molecule has 0 spiro atoms. The van der Waals surface area contributed by atoms with Crippen molar-refractivity contribution >= 4 is 22.9 Å². The van der Waals surface area contributed by atoms with E-state index in [1.807, 2.05) is 18.0 Å². The van der Waals surface area contributed by atoms with Crippen LogP contribution in [0.15, 0.2) is 18.9 Å². The number of rotatable bonds is 6. The molecule has 0 bridgehead atoms. The third kappa shape index (κ3) is 3.41. The molecule has 0 aliphatic rings. The Morgan fingerprint density at radius 2 is 2.14 bits per heavy atom. The van der Waals surface area contributed by atoms with E-state index in [9.17, 15) is 0 Å². The van der Waals surface area contributed by atoms with Crippen LogP contribution in [-0.4, -0.2) is 45.2 Å². The number of fused-ring (bicyclic) bond motifs is 1. The van der Waals surface area contributed by atoms with Crippen LogP contribution >= 0.6 is 0 Å². The molecule has 2 rings (SSSR count). The molecule has 0 aliphatic carbocycles. The van der Waals surface area contributed by atoms with E-state index in [4.69, 9.17) is 16.2 Å². The topological polar surface area (TPSA) is 116 Å². The zero-order valence-electron chi connectivity index (χ0n) is 12.2. The molecule has 0 amide bonds. The van der Waals surface area contributed by atoms with Gasteiger partial charge in [-0.15, -0.1) is 6.58 Å². The zero-order chi connectivity index (χ0) is 15.4. The van der Waals surface area contributed by atoms with Gasteiger partial charge in [0.25, 0.3) is 0 Å². The zero-order valence-corrected chi connectivity index (χ0v) is 12.2. The molecule has 8 heteroatoms. The van der Waals surface area contributed by atoms with Gasteiger partial charge in [0.2, 0.25) is 5.95 Å². The Bertz CT molecular complexity index is 646. The fraction of sp³-hybridized carbons (Fsp3) is 0.385. The van der Waals surface area contributed by atoms with Crippen LogP contribution < -0.4 is 11.5 Å². The molecule has 4 N–H and O–H groups in total. The minimum atomic E-state index is -0.0694. The fourth-order valence-corrected chi connectivity index (χ4v) is 2.01. The number of anilines is 2. The maximum absolute atomic E-state index is 5.81. The molecule has 112 valence electrons. The average molecular weight is 289 g/mol. The van der Waals surface area contributed by atoms with E-state index in [-0.39, 0.29) is 18.0 Å². The van der Waals surface area contributed by atoms with Gasteiger partial charge in [-0.25, -0.2) is 9.97 Å². The van der Waals surface area contributed by atoms with Crippen molar-refractivity contribution in [1.82, 2.24) is 24.8 Å². The summed E-state index contributed by atoms with van der Waals surface area (Å²) in [5.41, 5.74) is 12.9. The highest BCUT2D eigenvalue weighted by molar-refractivity contribution is 5.81. The molecule has 1 atom stereocenters. The third-order valence-corrected chi connectivity index (χ3v) is 3.04. The fourth-order valence-electron chi connectivity index (χ4n) is 2.01. The number of nitrogens with zero attached hydrogens (tertiary/aromatic N) is 5. The van der Waals surface area contributed by atoms with Crippen molar-refractivity contribution in [1.29, 1.82) is 0 Å². The van der Waals surface area contributed by atoms with E-state index in [1.165, 1.54) is 0 Å². The molecular formula is C13H19N7O. The Labute approximate surface area is 122 Å². The Morgan fingerprint density at radius 1 is 1.38 bits per heavy atom. The van der Waals surface area contributed by atoms with Gasteiger partial charge in [0.15, 0.2) is 17.0 Å². The van der Waals surface area contributed by atoms with Gasteiger partial charge in [-0.2, -0.15) is 9.97 Å². The van der Waals surface area contributed by atoms with Gasteiger partial charge in [0.05, 0.1) is 11.9 Å². The van der Waals surface area contributed by atoms with Crippen LogP contribution in [0.3, 0.4) is 0 Å². The van der Waals surface area contributed by atoms with E-state index < -0.39 is 0 Å². The monoisotopic (exact) mass is 289 g/mol. The minimum absolute atomic E-state index is 0.0694. The minimum Gasteiger partial charge on any atom is -0.382 e. The lowest BCUT2D eigenvalue weighted by Gasteiger charge is -2.25. The van der Waals surface area contributed by atoms with Gasteiger partial charge in [-0.05, 0) is 7.05 Å². The first-order valence-electron chi connectivity index (χ1n) is 6.43. The molecule has 0 radical (unpaired) electrons. The predicted octanol–water partition coefficient (Wildman–Crippen LogP) is 0.565. The van der Waals surface area contributed by atoms with E-state index >= 15 is 0 Å². The molecule has 0 aromatic carbocycles. The molecule has 8 nitrogen and oxygen atoms in total. The molecule has 1 unspecified atom stereocenters. The summed E-state index contributed by atoms with van der Waals surface area (Å²) in [6, 6.07) is 0. The summed E-state index contributed by atoms with van der Waals surface area (Å²) in [5.74, 6) is 0.313. The molecule has 0 aliphatic heterocycles. The summed E-state index contributed by atoms with van der Waals surface area (Å²) < 4.78 is 5.39. The maximum atomic E-state index is 5.81. The van der Waals surface area contributed by atoms with Crippen LogP contribution in [0.1, 0.15) is 12.1 Å². The van der Waals surface area contributed by atoms with Crippen LogP contribution in [0, 0.1) is 0 Å². The molecule has 2 aromatic heterocycles. The van der Waals surface area contributed by atoms with Crippen LogP contribution in [0.4, 0.5) is 11.8 Å². The Balaban J connectivity index is 2.25. The van der Waals surface area contributed by atoms with Crippen LogP contribution in [0.5, 0.6) is 0 Å². The van der Waals surface area contributed by atoms with E-state index in [0.29, 0.717) is 17.7 Å². The van der Waals surface area contributed by atoms with Crippen LogP contribution in [0.2, 0.25) is 0 Å². The first kappa shape index (κ1) is 15.1. The number of methoxy groups -OCH3 is 1. The smallest absolute Gasteiger partial charge is 0.224 e. The number of nitrogens with two attached hydrogens (primary N) is 2. The van der Waals surface area contributed by atoms with E-state index in [2.05, 4.69) is 26.5 Å². The number of hydrogen-bond donors (Lipinski definition) is 2. The summed E-state index contributed by atoms with van der Waals surface area (Å²) in [6.45, 7) is 4.27. The largest absolute Gasteiger partial charge is 0.382 e. The number of hydrogen-bond acceptors (Lipinski definition) is 8. The normalized spacial score (nSPS) is 12.7. The third-order valence-electron chi connectivity index (χ3n) is 3.04. The maximum Gasteiger partial charge on any atom is 0.224 e. The van der Waals surface area contributed by atoms with Gasteiger partial charge >= 0.3 is 0 Å². The summed E-state index contributed by atoms with van der Waals surface area (Å²) in [7, 11) is 3.59. The highest BCUT2D eigenvalue weighted by atomic mass is 16.5. The van der Waals surface area contributed by atoms with E-state index in [0.717, 1.165) is 12.1 Å². The second-order valence-corrected chi connectivity index (χ2v) is 4.63. The first-order chi connectivity index (χ1) is 10.0. The van der Waals surface area contributed by atoms with Gasteiger partial charge in [-0.3, -0.25) is 4.90 Å². The molecule has 0 fully saturated rings. The summed E-state index contributed by atoms with van der Waals surface area (Å²) >= 11 is 0. The molecule has 2 heterocycles. The highest BCUT2D eigenvalue weighted by Crippen LogP contribution is 2.16. The second-order valence-electron chi connectivity index (χ2n) is 4.63. The summed E-state index contributed by atoms with van der Waals surface area (Å²) in [4.78, 5) is 18.6. The van der Waals surface area contributed by atoms with Gasteiger partial charge in [-0.1, -0.05) is 6.08 Å². The van der Waals surface area contributed by atoms with Crippen molar-refractivity contribution < 1.29 is 4.74 Å². The quantitative estimate of drug-likeness (QED) is 0.585. The molecule has 0 saturated heterocycles. The average Bonchev–Trinajstić information content (AvgIpc) is 2.45. The predicted molar refractivity (Wildman–Crippen MR) is 81.0 cm³/mol. The number of nitrogen functional groups attached to an aromatic ring is 2. The Morgan fingerprint density at radius 3 is 2.81 bits per heavy atom. The lowest BCUT2D eigenvalue weighted by molar-refractivity contribution is -0.0200. The van der Waals surface area contributed by atoms with Gasteiger partial charge in [0.1, 0.15) is 6.23 Å². The first-order valence-corrected chi connectivity index (χ1v) is 6.43. The molecular weight excluding hydrogens is 270 g/mol. The van der Waals surface area contributed by atoms with Crippen molar-refractivity contribution in [3.8, 4) is 0 Å². The van der Waals surface area contributed by atoms with Crippen molar-refractivity contribution in [2.75, 3.05) is 25.6 Å². The van der Waals surface area contributed by atoms with Crippen LogP contribution in [0.25, 0.3) is 11.2 Å². The van der Waals surface area contributed by atoms with Crippen molar-refractivity contribution in [2.45, 2.75) is 19.2 Å².